The molecule has 0 radical (unpaired) electrons. The molecule has 76 valence electrons. The number of rotatable bonds is 2. The second-order valence-corrected chi connectivity index (χ2v) is 3.01. The van der Waals surface area contributed by atoms with Gasteiger partial charge in [-0.25, -0.2) is 4.79 Å². The van der Waals surface area contributed by atoms with Gasteiger partial charge in [-0.15, -0.1) is 0 Å². The number of aromatic carboxylic acids is 1. The summed E-state index contributed by atoms with van der Waals surface area (Å²) in [5, 5.41) is 14.9. The fraction of sp³-hybridized carbons (Fsp3) is 0.111. The Morgan fingerprint density at radius 1 is 1.33 bits per heavy atom. The molecule has 2 N–H and O–H groups in total. The van der Waals surface area contributed by atoms with Gasteiger partial charge in [0.05, 0.1) is 29.3 Å². The van der Waals surface area contributed by atoms with Crippen LogP contribution in [0.5, 0.6) is 0 Å². The van der Waals surface area contributed by atoms with E-state index < -0.39 is 5.97 Å². The van der Waals surface area contributed by atoms with E-state index in [0.717, 1.165) is 5.69 Å². The molecule has 0 saturated heterocycles. The zero-order chi connectivity index (χ0) is 10.8. The number of nitrogens with zero attached hydrogens (tertiary/aromatic N) is 3. The van der Waals surface area contributed by atoms with Crippen LogP contribution >= 0.6 is 0 Å². The van der Waals surface area contributed by atoms with Crippen molar-refractivity contribution < 1.29 is 9.90 Å². The lowest BCUT2D eigenvalue weighted by Crippen LogP contribution is -2.00. The van der Waals surface area contributed by atoms with Gasteiger partial charge >= 0.3 is 5.97 Å². The molecule has 6 nitrogen and oxygen atoms in total. The van der Waals surface area contributed by atoms with Crippen molar-refractivity contribution in [2.24, 2.45) is 0 Å². The third-order valence-electron chi connectivity index (χ3n) is 1.91. The lowest BCUT2D eigenvalue weighted by Gasteiger charge is -1.98. The smallest absolute Gasteiger partial charge is 0.354 e. The number of aromatic amines is 1. The molecule has 0 aromatic carbocycles. The Balaban J connectivity index is 2.49. The van der Waals surface area contributed by atoms with Crippen molar-refractivity contribution in [2.75, 3.05) is 0 Å². The maximum Gasteiger partial charge on any atom is 0.354 e. The highest BCUT2D eigenvalue weighted by Gasteiger charge is 2.14. The topological polar surface area (TPSA) is 91.8 Å². The molecule has 0 aliphatic heterocycles. The maximum absolute atomic E-state index is 10.8. The molecule has 6 heteroatoms. The fourth-order valence-corrected chi connectivity index (χ4v) is 1.18. The summed E-state index contributed by atoms with van der Waals surface area (Å²) < 4.78 is 0. The van der Waals surface area contributed by atoms with Gasteiger partial charge in [-0.1, -0.05) is 0 Å². The number of H-pyrrole nitrogens is 1. The second kappa shape index (κ2) is 3.49. The highest BCUT2D eigenvalue weighted by atomic mass is 16.4. The van der Waals surface area contributed by atoms with Crippen LogP contribution in [0.1, 0.15) is 16.2 Å². The summed E-state index contributed by atoms with van der Waals surface area (Å²) in [7, 11) is 0. The van der Waals surface area contributed by atoms with Gasteiger partial charge in [0.2, 0.25) is 0 Å². The quantitative estimate of drug-likeness (QED) is 0.757. The van der Waals surface area contributed by atoms with Crippen molar-refractivity contribution in [1.82, 2.24) is 20.2 Å². The minimum absolute atomic E-state index is 0.0214. The van der Waals surface area contributed by atoms with Crippen LogP contribution in [0.25, 0.3) is 11.3 Å². The number of hydrogen-bond donors (Lipinski definition) is 2. The van der Waals surface area contributed by atoms with Crippen molar-refractivity contribution in [3.05, 3.63) is 30.0 Å². The number of aryl methyl sites for hydroxylation is 1. The van der Waals surface area contributed by atoms with E-state index in [2.05, 4.69) is 20.2 Å². The Bertz CT molecular complexity index is 489. The van der Waals surface area contributed by atoms with E-state index in [-0.39, 0.29) is 5.69 Å². The Labute approximate surface area is 85.0 Å². The average molecular weight is 204 g/mol. The molecule has 0 spiro atoms. The van der Waals surface area contributed by atoms with E-state index in [1.165, 1.54) is 12.4 Å². The van der Waals surface area contributed by atoms with Gasteiger partial charge < -0.3 is 5.11 Å². The van der Waals surface area contributed by atoms with Crippen molar-refractivity contribution in [2.45, 2.75) is 6.92 Å². The molecular weight excluding hydrogens is 196 g/mol. The largest absolute Gasteiger partial charge is 0.477 e. The molecule has 0 unspecified atom stereocenters. The zero-order valence-electron chi connectivity index (χ0n) is 7.93. The van der Waals surface area contributed by atoms with Crippen molar-refractivity contribution in [3.8, 4) is 11.3 Å². The Morgan fingerprint density at radius 2 is 2.13 bits per heavy atom. The van der Waals surface area contributed by atoms with Gasteiger partial charge in [-0.3, -0.25) is 15.1 Å². The first kappa shape index (κ1) is 9.32. The first-order valence-corrected chi connectivity index (χ1v) is 4.24. The number of carboxylic acid groups (broad SMARTS) is 1. The minimum Gasteiger partial charge on any atom is -0.477 e. The monoisotopic (exact) mass is 204 g/mol. The molecule has 2 rings (SSSR count). The van der Waals surface area contributed by atoms with Gasteiger partial charge in [0.1, 0.15) is 0 Å². The van der Waals surface area contributed by atoms with E-state index >= 15 is 0 Å². The molecule has 2 aromatic rings. The van der Waals surface area contributed by atoms with Gasteiger partial charge in [0.25, 0.3) is 0 Å². The SMILES string of the molecule is Cc1cnc(-c2cn[nH]c2C(=O)O)cn1. The van der Waals surface area contributed by atoms with Crippen LogP contribution in [0.2, 0.25) is 0 Å². The fourth-order valence-electron chi connectivity index (χ4n) is 1.18. The van der Waals surface area contributed by atoms with E-state index in [0.29, 0.717) is 11.3 Å². The highest BCUT2D eigenvalue weighted by Crippen LogP contribution is 2.18. The van der Waals surface area contributed by atoms with E-state index in [9.17, 15) is 4.79 Å². The number of carbonyl (C=O) groups is 1. The third-order valence-corrected chi connectivity index (χ3v) is 1.91. The van der Waals surface area contributed by atoms with Gasteiger partial charge in [-0.05, 0) is 6.92 Å². The van der Waals surface area contributed by atoms with Crippen molar-refractivity contribution >= 4 is 5.97 Å². The molecule has 0 saturated carbocycles. The molecule has 0 fully saturated rings. The standard InChI is InChI=1S/C9H8N4O2/c1-5-2-11-7(4-10-5)6-3-12-13-8(6)9(14)15/h2-4H,1H3,(H,12,13)(H,14,15). The van der Waals surface area contributed by atoms with Crippen LogP contribution in [0, 0.1) is 6.92 Å². The average Bonchev–Trinajstić information content (AvgIpc) is 2.67. The molecular formula is C9H8N4O2. The molecule has 0 atom stereocenters. The van der Waals surface area contributed by atoms with E-state index in [4.69, 9.17) is 5.11 Å². The van der Waals surface area contributed by atoms with E-state index in [1.54, 1.807) is 6.20 Å². The third kappa shape index (κ3) is 1.69. The van der Waals surface area contributed by atoms with Gasteiger partial charge in [0.15, 0.2) is 5.69 Å². The van der Waals surface area contributed by atoms with Gasteiger partial charge in [-0.2, -0.15) is 5.10 Å². The normalized spacial score (nSPS) is 10.2. The molecule has 0 amide bonds. The predicted octanol–water partition coefficient (Wildman–Crippen LogP) is 0.873. The zero-order valence-corrected chi connectivity index (χ0v) is 7.93. The Morgan fingerprint density at radius 3 is 2.73 bits per heavy atom. The van der Waals surface area contributed by atoms with Crippen LogP contribution in [-0.4, -0.2) is 31.2 Å². The summed E-state index contributed by atoms with van der Waals surface area (Å²) in [4.78, 5) is 18.9. The van der Waals surface area contributed by atoms with Crippen LogP contribution < -0.4 is 0 Å². The molecule has 0 aliphatic carbocycles. The highest BCUT2D eigenvalue weighted by molar-refractivity contribution is 5.92. The minimum atomic E-state index is -1.06. The molecule has 15 heavy (non-hydrogen) atoms. The Kier molecular flexibility index (Phi) is 2.17. The first-order chi connectivity index (χ1) is 7.18. The van der Waals surface area contributed by atoms with Crippen LogP contribution in [0.4, 0.5) is 0 Å². The number of nitrogens with one attached hydrogen (secondary N) is 1. The van der Waals surface area contributed by atoms with Gasteiger partial charge in [0, 0.05) is 6.20 Å². The summed E-state index contributed by atoms with van der Waals surface area (Å²) in [6.07, 6.45) is 4.52. The molecule has 0 bridgehead atoms. The summed E-state index contributed by atoms with van der Waals surface area (Å²) in [6.45, 7) is 1.81. The van der Waals surface area contributed by atoms with Crippen LogP contribution in [0.15, 0.2) is 18.6 Å². The summed E-state index contributed by atoms with van der Waals surface area (Å²) in [5.74, 6) is -1.06. The van der Waals surface area contributed by atoms with Crippen molar-refractivity contribution in [3.63, 3.8) is 0 Å². The first-order valence-electron chi connectivity index (χ1n) is 4.24. The molecule has 0 aliphatic rings. The summed E-state index contributed by atoms with van der Waals surface area (Å²) in [6, 6.07) is 0. The molecule has 2 aromatic heterocycles. The van der Waals surface area contributed by atoms with E-state index in [1.807, 2.05) is 6.92 Å². The lowest BCUT2D eigenvalue weighted by molar-refractivity contribution is 0.0691. The lowest BCUT2D eigenvalue weighted by atomic mass is 10.2. The van der Waals surface area contributed by atoms with Crippen LogP contribution in [-0.2, 0) is 0 Å². The maximum atomic E-state index is 10.8. The summed E-state index contributed by atoms with van der Waals surface area (Å²) >= 11 is 0. The second-order valence-electron chi connectivity index (χ2n) is 3.01. The number of aromatic nitrogens is 4. The summed E-state index contributed by atoms with van der Waals surface area (Å²) in [5.41, 5.74) is 1.73. The Hall–Kier alpha value is -2.24. The van der Waals surface area contributed by atoms with Crippen molar-refractivity contribution in [1.29, 1.82) is 0 Å². The van der Waals surface area contributed by atoms with Crippen LogP contribution in [0.3, 0.4) is 0 Å². The number of hydrogen-bond acceptors (Lipinski definition) is 4. The molecule has 2 heterocycles. The predicted molar refractivity (Wildman–Crippen MR) is 51.3 cm³/mol. The number of carboxylic acids is 1.